The van der Waals surface area contributed by atoms with Crippen LogP contribution in [0, 0.1) is 0 Å². The first-order valence-electron chi connectivity index (χ1n) is 11.9. The first-order valence-corrected chi connectivity index (χ1v) is 11.9. The average Bonchev–Trinajstić information content (AvgIpc) is 2.90. The number of amides is 3. The van der Waals surface area contributed by atoms with Crippen LogP contribution in [0.3, 0.4) is 0 Å². The molecule has 0 saturated heterocycles. The lowest BCUT2D eigenvalue weighted by Gasteiger charge is -2.37. The molecule has 0 atom stereocenters. The predicted octanol–water partition coefficient (Wildman–Crippen LogP) is 4.67. The molecule has 7 heteroatoms. The monoisotopic (exact) mass is 487 g/mol. The van der Waals surface area contributed by atoms with Gasteiger partial charge in [-0.25, -0.2) is 5.48 Å². The molecule has 0 aliphatic rings. The zero-order valence-electron chi connectivity index (χ0n) is 21.1. The molecule has 0 fully saturated rings. The molecule has 7 nitrogen and oxygen atoms in total. The second kappa shape index (κ2) is 11.6. The minimum atomic E-state index is -1.18. The van der Waals surface area contributed by atoms with Gasteiger partial charge in [0, 0.05) is 24.2 Å². The van der Waals surface area contributed by atoms with Crippen molar-refractivity contribution in [3.8, 4) is 0 Å². The van der Waals surface area contributed by atoms with Gasteiger partial charge in [0.25, 0.3) is 11.8 Å². The zero-order valence-corrected chi connectivity index (χ0v) is 21.1. The summed E-state index contributed by atoms with van der Waals surface area (Å²) >= 11 is 0. The molecule has 0 aromatic heterocycles. The van der Waals surface area contributed by atoms with E-state index < -0.39 is 11.4 Å². The van der Waals surface area contributed by atoms with Crippen LogP contribution in [-0.2, 0) is 17.9 Å². The lowest BCUT2D eigenvalue weighted by Crippen LogP contribution is -2.56. The number of hydrogen-bond donors (Lipinski definition) is 3. The van der Waals surface area contributed by atoms with Crippen LogP contribution in [0.1, 0.15) is 71.0 Å². The standard InChI is InChI=1S/C29H33N3O4/c1-20(2)23-14-16-25(17-15-23)27(34)32(19-22-10-12-24(13-11-22)26(33)31-36)29(3,4)28(35)30-18-21-8-6-5-7-9-21/h5-17,20,36H,18-19H2,1-4H3,(H,30,35)(H,31,33). The summed E-state index contributed by atoms with van der Waals surface area (Å²) in [6, 6.07) is 23.5. The number of hydrogen-bond acceptors (Lipinski definition) is 4. The second-order valence-electron chi connectivity index (χ2n) is 9.53. The molecular weight excluding hydrogens is 454 g/mol. The van der Waals surface area contributed by atoms with Crippen molar-refractivity contribution in [2.45, 2.75) is 52.2 Å². The number of hydroxylamine groups is 1. The van der Waals surface area contributed by atoms with Gasteiger partial charge in [0.15, 0.2) is 0 Å². The van der Waals surface area contributed by atoms with Crippen molar-refractivity contribution in [3.63, 3.8) is 0 Å². The highest BCUT2D eigenvalue weighted by molar-refractivity contribution is 5.99. The lowest BCUT2D eigenvalue weighted by atomic mass is 9.96. The van der Waals surface area contributed by atoms with Gasteiger partial charge in [-0.1, -0.05) is 68.4 Å². The molecule has 0 aliphatic carbocycles. The molecule has 3 N–H and O–H groups in total. The Morgan fingerprint density at radius 3 is 1.97 bits per heavy atom. The average molecular weight is 488 g/mol. The van der Waals surface area contributed by atoms with Crippen molar-refractivity contribution >= 4 is 17.7 Å². The molecule has 0 saturated carbocycles. The Hall–Kier alpha value is -3.97. The van der Waals surface area contributed by atoms with Gasteiger partial charge in [0.2, 0.25) is 5.91 Å². The quantitative estimate of drug-likeness (QED) is 0.302. The molecule has 3 aromatic rings. The third-order valence-electron chi connectivity index (χ3n) is 6.25. The van der Waals surface area contributed by atoms with Gasteiger partial charge in [0.05, 0.1) is 0 Å². The fourth-order valence-corrected chi connectivity index (χ4v) is 3.82. The third-order valence-corrected chi connectivity index (χ3v) is 6.25. The summed E-state index contributed by atoms with van der Waals surface area (Å²) in [7, 11) is 0. The SMILES string of the molecule is CC(C)c1ccc(C(=O)N(Cc2ccc(C(=O)NO)cc2)C(C)(C)C(=O)NCc2ccccc2)cc1. The minimum absolute atomic E-state index is 0.150. The highest BCUT2D eigenvalue weighted by Gasteiger charge is 2.38. The molecule has 0 bridgehead atoms. The van der Waals surface area contributed by atoms with Gasteiger partial charge >= 0.3 is 0 Å². The molecule has 3 rings (SSSR count). The van der Waals surface area contributed by atoms with E-state index in [1.807, 2.05) is 42.5 Å². The van der Waals surface area contributed by atoms with Crippen LogP contribution in [0.25, 0.3) is 0 Å². The van der Waals surface area contributed by atoms with Crippen LogP contribution in [0.4, 0.5) is 0 Å². The van der Waals surface area contributed by atoms with E-state index in [1.54, 1.807) is 60.6 Å². The maximum Gasteiger partial charge on any atom is 0.274 e. The molecule has 0 unspecified atom stereocenters. The predicted molar refractivity (Wildman–Crippen MR) is 138 cm³/mol. The number of benzene rings is 3. The number of carbonyl (C=O) groups is 3. The highest BCUT2D eigenvalue weighted by Crippen LogP contribution is 2.24. The number of rotatable bonds is 9. The van der Waals surface area contributed by atoms with Crippen molar-refractivity contribution in [2.24, 2.45) is 0 Å². The Bertz CT molecular complexity index is 1190. The number of carbonyl (C=O) groups excluding carboxylic acids is 3. The van der Waals surface area contributed by atoms with E-state index in [2.05, 4.69) is 19.2 Å². The van der Waals surface area contributed by atoms with Gasteiger partial charge < -0.3 is 10.2 Å². The third kappa shape index (κ3) is 6.37. The molecule has 188 valence electrons. The number of nitrogens with zero attached hydrogens (tertiary/aromatic N) is 1. The van der Waals surface area contributed by atoms with Crippen LogP contribution in [0.5, 0.6) is 0 Å². The van der Waals surface area contributed by atoms with Gasteiger partial charge in [-0.15, -0.1) is 0 Å². The molecule has 3 aromatic carbocycles. The van der Waals surface area contributed by atoms with Crippen LogP contribution < -0.4 is 10.8 Å². The Morgan fingerprint density at radius 1 is 0.833 bits per heavy atom. The maximum atomic E-state index is 13.7. The van der Waals surface area contributed by atoms with Crippen molar-refractivity contribution in [1.29, 1.82) is 0 Å². The van der Waals surface area contributed by atoms with Gasteiger partial charge in [-0.3, -0.25) is 19.6 Å². The maximum absolute atomic E-state index is 13.7. The van der Waals surface area contributed by atoms with E-state index in [1.165, 1.54) is 0 Å². The van der Waals surface area contributed by atoms with E-state index in [0.29, 0.717) is 18.0 Å². The summed E-state index contributed by atoms with van der Waals surface area (Å²) in [6.07, 6.45) is 0. The van der Waals surface area contributed by atoms with Gasteiger partial charge in [0.1, 0.15) is 5.54 Å². The highest BCUT2D eigenvalue weighted by atomic mass is 16.5. The fourth-order valence-electron chi connectivity index (χ4n) is 3.82. The normalized spacial score (nSPS) is 11.2. The van der Waals surface area contributed by atoms with Crippen LogP contribution in [0.15, 0.2) is 78.9 Å². The summed E-state index contributed by atoms with van der Waals surface area (Å²) in [6.45, 7) is 8.12. The summed E-state index contributed by atoms with van der Waals surface area (Å²) in [5, 5.41) is 11.8. The summed E-state index contributed by atoms with van der Waals surface area (Å²) in [5.41, 5.74) is 4.01. The minimum Gasteiger partial charge on any atom is -0.350 e. The van der Waals surface area contributed by atoms with Gasteiger partial charge in [-0.05, 0) is 60.7 Å². The summed E-state index contributed by atoms with van der Waals surface area (Å²) < 4.78 is 0. The summed E-state index contributed by atoms with van der Waals surface area (Å²) in [4.78, 5) is 40.3. The van der Waals surface area contributed by atoms with Crippen LogP contribution >= 0.6 is 0 Å². The first-order chi connectivity index (χ1) is 17.1. The molecule has 0 radical (unpaired) electrons. The topological polar surface area (TPSA) is 98.7 Å². The fraction of sp³-hybridized carbons (Fsp3) is 0.276. The van der Waals surface area contributed by atoms with Crippen molar-refractivity contribution < 1.29 is 19.6 Å². The molecule has 3 amide bonds. The van der Waals surface area contributed by atoms with Gasteiger partial charge in [-0.2, -0.15) is 0 Å². The molecule has 0 spiro atoms. The molecule has 0 heterocycles. The lowest BCUT2D eigenvalue weighted by molar-refractivity contribution is -0.130. The van der Waals surface area contributed by atoms with Crippen LogP contribution in [0.2, 0.25) is 0 Å². The Balaban J connectivity index is 1.89. The van der Waals surface area contributed by atoms with Crippen LogP contribution in [-0.4, -0.2) is 33.4 Å². The Labute approximate surface area is 212 Å². The summed E-state index contributed by atoms with van der Waals surface area (Å²) in [5.74, 6) is -0.849. The van der Waals surface area contributed by atoms with Crippen molar-refractivity contribution in [3.05, 3.63) is 107 Å². The smallest absolute Gasteiger partial charge is 0.274 e. The zero-order chi connectivity index (χ0) is 26.3. The second-order valence-corrected chi connectivity index (χ2v) is 9.53. The largest absolute Gasteiger partial charge is 0.350 e. The van der Waals surface area contributed by atoms with E-state index in [0.717, 1.165) is 16.7 Å². The van der Waals surface area contributed by atoms with E-state index in [-0.39, 0.29) is 23.9 Å². The van der Waals surface area contributed by atoms with Crippen molar-refractivity contribution in [1.82, 2.24) is 15.7 Å². The molecular formula is C29H33N3O4. The molecule has 36 heavy (non-hydrogen) atoms. The van der Waals surface area contributed by atoms with E-state index >= 15 is 0 Å². The Morgan fingerprint density at radius 2 is 1.42 bits per heavy atom. The molecule has 0 aliphatic heterocycles. The van der Waals surface area contributed by atoms with E-state index in [4.69, 9.17) is 5.21 Å². The van der Waals surface area contributed by atoms with E-state index in [9.17, 15) is 14.4 Å². The number of nitrogens with one attached hydrogen (secondary N) is 2. The Kier molecular flexibility index (Phi) is 8.61. The van der Waals surface area contributed by atoms with Crippen molar-refractivity contribution in [2.75, 3.05) is 0 Å². The first kappa shape index (κ1) is 26.6.